The molecule has 0 amide bonds. The number of carbonyl (C=O) groups excluding carboxylic acids is 1. The number of hydrogen-bond acceptors (Lipinski definition) is 5. The van der Waals surface area contributed by atoms with E-state index in [4.69, 9.17) is 5.26 Å². The summed E-state index contributed by atoms with van der Waals surface area (Å²) >= 11 is 0. The minimum Gasteiger partial charge on any atom is -0.300 e. The van der Waals surface area contributed by atoms with Crippen molar-refractivity contribution < 1.29 is 13.2 Å². The molecule has 1 fully saturated rings. The summed E-state index contributed by atoms with van der Waals surface area (Å²) in [6, 6.07) is 4.37. The van der Waals surface area contributed by atoms with Crippen molar-refractivity contribution in [2.45, 2.75) is 43.5 Å². The first-order valence-electron chi connectivity index (χ1n) is 6.83. The molecule has 112 valence electrons. The van der Waals surface area contributed by atoms with E-state index in [0.717, 1.165) is 12.8 Å². The molecule has 0 N–H and O–H groups in total. The molecule has 0 spiro atoms. The highest BCUT2D eigenvalue weighted by molar-refractivity contribution is 7.89. The number of nitrogens with zero attached hydrogens (tertiary/aromatic N) is 3. The maximum Gasteiger partial charge on any atom is 0.246 e. The molecule has 2 rings (SSSR count). The quantitative estimate of drug-likeness (QED) is 0.840. The van der Waals surface area contributed by atoms with E-state index in [0.29, 0.717) is 13.0 Å². The molecule has 7 heteroatoms. The standard InChI is InChI=1S/C14H17N3O3S/c1-11(18)9-12-5-2-3-8-17(12)21(19,20)14-6-4-7-16-13(14)10-15/h4,6-7,12H,2-3,5,8-9H2,1H3. The monoisotopic (exact) mass is 307 g/mol. The van der Waals surface area contributed by atoms with Crippen LogP contribution in [0.3, 0.4) is 0 Å². The van der Waals surface area contributed by atoms with Gasteiger partial charge in [0.05, 0.1) is 0 Å². The van der Waals surface area contributed by atoms with E-state index in [1.54, 1.807) is 0 Å². The van der Waals surface area contributed by atoms with Crippen molar-refractivity contribution in [2.24, 2.45) is 0 Å². The SMILES string of the molecule is CC(=O)CC1CCCCN1S(=O)(=O)c1cccnc1C#N. The summed E-state index contributed by atoms with van der Waals surface area (Å²) < 4.78 is 26.9. The van der Waals surface area contributed by atoms with Gasteiger partial charge in [0, 0.05) is 25.2 Å². The summed E-state index contributed by atoms with van der Waals surface area (Å²) in [5, 5.41) is 9.04. The maximum atomic E-state index is 12.8. The number of aromatic nitrogens is 1. The zero-order valence-electron chi connectivity index (χ0n) is 11.8. The Kier molecular flexibility index (Phi) is 4.70. The fraction of sp³-hybridized carbons (Fsp3) is 0.500. The van der Waals surface area contributed by atoms with Crippen LogP contribution in [0, 0.1) is 11.3 Å². The number of rotatable bonds is 4. The van der Waals surface area contributed by atoms with Crippen LogP contribution in [0.1, 0.15) is 38.3 Å². The van der Waals surface area contributed by atoms with Gasteiger partial charge in [-0.15, -0.1) is 0 Å². The van der Waals surface area contributed by atoms with Gasteiger partial charge in [0.25, 0.3) is 0 Å². The Morgan fingerprint density at radius 1 is 1.52 bits per heavy atom. The largest absolute Gasteiger partial charge is 0.300 e. The number of pyridine rings is 1. The van der Waals surface area contributed by atoms with Gasteiger partial charge in [0.2, 0.25) is 10.0 Å². The molecule has 0 aromatic carbocycles. The fourth-order valence-electron chi connectivity index (χ4n) is 2.64. The highest BCUT2D eigenvalue weighted by atomic mass is 32.2. The first-order chi connectivity index (χ1) is 9.96. The summed E-state index contributed by atoms with van der Waals surface area (Å²) in [6.07, 6.45) is 3.93. The van der Waals surface area contributed by atoms with E-state index >= 15 is 0 Å². The van der Waals surface area contributed by atoms with Crippen molar-refractivity contribution in [1.29, 1.82) is 5.26 Å². The molecule has 1 aliphatic rings. The van der Waals surface area contributed by atoms with E-state index < -0.39 is 10.0 Å². The second-order valence-electron chi connectivity index (χ2n) is 5.13. The van der Waals surface area contributed by atoms with E-state index in [9.17, 15) is 13.2 Å². The summed E-state index contributed by atoms with van der Waals surface area (Å²) in [7, 11) is -3.80. The van der Waals surface area contributed by atoms with Crippen molar-refractivity contribution in [1.82, 2.24) is 9.29 Å². The summed E-state index contributed by atoms with van der Waals surface area (Å²) in [4.78, 5) is 15.1. The lowest BCUT2D eigenvalue weighted by Gasteiger charge is -2.34. The molecule has 1 aromatic heterocycles. The van der Waals surface area contributed by atoms with Crippen LogP contribution in [0.25, 0.3) is 0 Å². The third kappa shape index (κ3) is 3.28. The molecule has 6 nitrogen and oxygen atoms in total. The highest BCUT2D eigenvalue weighted by Crippen LogP contribution is 2.28. The van der Waals surface area contributed by atoms with Gasteiger partial charge in [-0.2, -0.15) is 9.57 Å². The Hall–Kier alpha value is -1.78. The Morgan fingerprint density at radius 3 is 2.95 bits per heavy atom. The van der Waals surface area contributed by atoms with Gasteiger partial charge in [-0.1, -0.05) is 6.42 Å². The number of nitriles is 1. The number of sulfonamides is 1. The molecular weight excluding hydrogens is 290 g/mol. The Labute approximate surface area is 124 Å². The van der Waals surface area contributed by atoms with E-state index in [2.05, 4.69) is 4.98 Å². The second-order valence-corrected chi connectivity index (χ2v) is 6.99. The van der Waals surface area contributed by atoms with Crippen molar-refractivity contribution >= 4 is 15.8 Å². The maximum absolute atomic E-state index is 12.8. The van der Waals surface area contributed by atoms with Gasteiger partial charge < -0.3 is 0 Å². The predicted molar refractivity (Wildman–Crippen MR) is 75.8 cm³/mol. The second kappa shape index (κ2) is 6.33. The number of hydrogen-bond donors (Lipinski definition) is 0. The van der Waals surface area contributed by atoms with Crippen molar-refractivity contribution in [3.8, 4) is 6.07 Å². The molecule has 1 saturated heterocycles. The molecule has 0 bridgehead atoms. The number of carbonyl (C=O) groups is 1. The smallest absolute Gasteiger partial charge is 0.246 e. The average Bonchev–Trinajstić information content (AvgIpc) is 2.47. The molecule has 21 heavy (non-hydrogen) atoms. The molecular formula is C14H17N3O3S. The lowest BCUT2D eigenvalue weighted by atomic mass is 10.0. The zero-order chi connectivity index (χ0) is 15.5. The van der Waals surface area contributed by atoms with Gasteiger partial charge in [0.1, 0.15) is 16.7 Å². The summed E-state index contributed by atoms with van der Waals surface area (Å²) in [5.74, 6) is -0.0335. The van der Waals surface area contributed by atoms with Gasteiger partial charge >= 0.3 is 0 Å². The molecule has 0 saturated carbocycles. The topological polar surface area (TPSA) is 91.1 Å². The predicted octanol–water partition coefficient (Wildman–Crippen LogP) is 1.48. The number of piperidine rings is 1. The van der Waals surface area contributed by atoms with Crippen LogP contribution in [-0.2, 0) is 14.8 Å². The first kappa shape index (κ1) is 15.6. The average molecular weight is 307 g/mol. The van der Waals surface area contributed by atoms with E-state index in [1.165, 1.54) is 29.6 Å². The Balaban J connectivity index is 2.41. The molecule has 0 aliphatic carbocycles. The van der Waals surface area contributed by atoms with Crippen LogP contribution in [0.4, 0.5) is 0 Å². The molecule has 1 aliphatic heterocycles. The van der Waals surface area contributed by atoms with Crippen LogP contribution in [-0.4, -0.2) is 36.1 Å². The first-order valence-corrected chi connectivity index (χ1v) is 8.27. The lowest BCUT2D eigenvalue weighted by Crippen LogP contribution is -2.44. The van der Waals surface area contributed by atoms with Gasteiger partial charge in [-0.05, 0) is 31.9 Å². The van der Waals surface area contributed by atoms with Crippen LogP contribution < -0.4 is 0 Å². The molecule has 1 aromatic rings. The zero-order valence-corrected chi connectivity index (χ0v) is 12.6. The van der Waals surface area contributed by atoms with Gasteiger partial charge in [-0.25, -0.2) is 13.4 Å². The normalized spacial score (nSPS) is 19.9. The number of ketones is 1. The van der Waals surface area contributed by atoms with Crippen molar-refractivity contribution in [2.75, 3.05) is 6.54 Å². The minimum atomic E-state index is -3.80. The Bertz CT molecular complexity index is 679. The fourth-order valence-corrected chi connectivity index (χ4v) is 4.42. The number of Topliss-reactive ketones (excluding diaryl/α,β-unsaturated/α-hetero) is 1. The van der Waals surface area contributed by atoms with Crippen LogP contribution in [0.15, 0.2) is 23.2 Å². The molecule has 1 atom stereocenters. The van der Waals surface area contributed by atoms with E-state index in [1.807, 2.05) is 6.07 Å². The molecule has 1 unspecified atom stereocenters. The van der Waals surface area contributed by atoms with Crippen LogP contribution in [0.2, 0.25) is 0 Å². The molecule has 2 heterocycles. The van der Waals surface area contributed by atoms with Gasteiger partial charge in [0.15, 0.2) is 5.69 Å². The van der Waals surface area contributed by atoms with Crippen molar-refractivity contribution in [3.05, 3.63) is 24.0 Å². The summed E-state index contributed by atoms with van der Waals surface area (Å²) in [6.45, 7) is 1.84. The third-order valence-electron chi connectivity index (χ3n) is 3.56. The van der Waals surface area contributed by atoms with E-state index in [-0.39, 0.29) is 28.8 Å². The molecule has 0 radical (unpaired) electrons. The lowest BCUT2D eigenvalue weighted by molar-refractivity contribution is -0.118. The third-order valence-corrected chi connectivity index (χ3v) is 5.54. The summed E-state index contributed by atoms with van der Waals surface area (Å²) in [5.41, 5.74) is -0.107. The minimum absolute atomic E-state index is 0.0335. The van der Waals surface area contributed by atoms with Crippen LogP contribution in [0.5, 0.6) is 0 Å². The van der Waals surface area contributed by atoms with Crippen molar-refractivity contribution in [3.63, 3.8) is 0 Å². The van der Waals surface area contributed by atoms with Crippen LogP contribution >= 0.6 is 0 Å². The highest BCUT2D eigenvalue weighted by Gasteiger charge is 2.35. The Morgan fingerprint density at radius 2 is 2.29 bits per heavy atom. The van der Waals surface area contributed by atoms with Gasteiger partial charge in [-0.3, -0.25) is 4.79 Å².